The molecule has 0 bridgehead atoms. The van der Waals surface area contributed by atoms with Gasteiger partial charge in [0.05, 0.1) is 0 Å². The third-order valence-corrected chi connectivity index (χ3v) is 4.82. The molecule has 25 heavy (non-hydrogen) atoms. The van der Waals surface area contributed by atoms with E-state index in [1.54, 1.807) is 0 Å². The van der Waals surface area contributed by atoms with Crippen molar-refractivity contribution < 1.29 is 4.79 Å². The highest BCUT2D eigenvalue weighted by Gasteiger charge is 2.33. The minimum Gasteiger partial charge on any atom is -0.342 e. The number of imidazole rings is 1. The van der Waals surface area contributed by atoms with Crippen molar-refractivity contribution in [3.8, 4) is 0 Å². The predicted octanol–water partition coefficient (Wildman–Crippen LogP) is 3.52. The van der Waals surface area contributed by atoms with Gasteiger partial charge in [-0.25, -0.2) is 9.97 Å². The number of carbonyl (C=O) groups is 1. The molecule has 1 aliphatic rings. The second kappa shape index (κ2) is 6.77. The van der Waals surface area contributed by atoms with Gasteiger partial charge in [0.25, 0.3) is 0 Å². The van der Waals surface area contributed by atoms with E-state index in [1.165, 1.54) is 0 Å². The van der Waals surface area contributed by atoms with Gasteiger partial charge in [0.1, 0.15) is 11.3 Å². The van der Waals surface area contributed by atoms with E-state index in [0.717, 1.165) is 49.5 Å². The number of fused-ring (bicyclic) bond motifs is 1. The van der Waals surface area contributed by atoms with Crippen LogP contribution in [-0.4, -0.2) is 38.4 Å². The molecule has 0 unspecified atom stereocenters. The summed E-state index contributed by atoms with van der Waals surface area (Å²) in [6, 6.07) is 3.98. The Hall–Kier alpha value is -1.91. The van der Waals surface area contributed by atoms with E-state index in [1.807, 2.05) is 44.0 Å². The maximum atomic E-state index is 12.5. The predicted molar refractivity (Wildman–Crippen MR) is 100 cm³/mol. The maximum Gasteiger partial charge on any atom is 0.227 e. The highest BCUT2D eigenvalue weighted by Crippen LogP contribution is 2.27. The van der Waals surface area contributed by atoms with Gasteiger partial charge in [0, 0.05) is 37.7 Å². The molecule has 1 atom stereocenters. The number of amides is 1. The number of aromatic nitrogens is 3. The van der Waals surface area contributed by atoms with E-state index in [0.29, 0.717) is 11.8 Å². The molecule has 1 amide bonds. The molecule has 5 heteroatoms. The average Bonchev–Trinajstić information content (AvgIpc) is 3.11. The van der Waals surface area contributed by atoms with Crippen molar-refractivity contribution in [2.75, 3.05) is 13.1 Å². The zero-order valence-electron chi connectivity index (χ0n) is 16.1. The van der Waals surface area contributed by atoms with Gasteiger partial charge in [0.15, 0.2) is 5.65 Å². The quantitative estimate of drug-likeness (QED) is 0.854. The van der Waals surface area contributed by atoms with Crippen LogP contribution in [0.4, 0.5) is 0 Å². The zero-order chi connectivity index (χ0) is 18.2. The first kappa shape index (κ1) is 17.9. The molecule has 5 nitrogen and oxygen atoms in total. The van der Waals surface area contributed by atoms with Crippen molar-refractivity contribution in [2.24, 2.45) is 17.3 Å². The number of hydrogen-bond donors (Lipinski definition) is 0. The van der Waals surface area contributed by atoms with Gasteiger partial charge in [-0.2, -0.15) is 0 Å². The molecule has 0 saturated carbocycles. The molecule has 136 valence electrons. The summed E-state index contributed by atoms with van der Waals surface area (Å²) in [5, 5.41) is 0. The number of nitrogens with zero attached hydrogens (tertiary/aromatic N) is 4. The molecular formula is C20H30N4O. The van der Waals surface area contributed by atoms with E-state index in [4.69, 9.17) is 4.98 Å². The molecule has 1 aliphatic heterocycles. The van der Waals surface area contributed by atoms with Crippen LogP contribution in [0.1, 0.15) is 46.9 Å². The first-order chi connectivity index (χ1) is 11.8. The second-order valence-electron chi connectivity index (χ2n) is 8.74. The van der Waals surface area contributed by atoms with Crippen molar-refractivity contribution in [2.45, 2.75) is 54.0 Å². The first-order valence-electron chi connectivity index (χ1n) is 9.35. The summed E-state index contributed by atoms with van der Waals surface area (Å²) < 4.78 is 2.27. The van der Waals surface area contributed by atoms with Crippen LogP contribution in [0.2, 0.25) is 0 Å². The van der Waals surface area contributed by atoms with Gasteiger partial charge in [-0.1, -0.05) is 34.6 Å². The SMILES string of the molecule is CC(C)Cn1c(C[C@H]2CCN(C(=O)C(C)(C)C)C2)nc2cccnc21. The molecule has 1 saturated heterocycles. The van der Waals surface area contributed by atoms with E-state index in [9.17, 15) is 4.79 Å². The van der Waals surface area contributed by atoms with Crippen molar-refractivity contribution >= 4 is 17.1 Å². The fourth-order valence-corrected chi connectivity index (χ4v) is 3.63. The minimum atomic E-state index is -0.302. The molecule has 1 fully saturated rings. The van der Waals surface area contributed by atoms with Crippen LogP contribution in [0.15, 0.2) is 18.3 Å². The summed E-state index contributed by atoms with van der Waals surface area (Å²) in [5.41, 5.74) is 1.65. The van der Waals surface area contributed by atoms with Crippen LogP contribution in [0.25, 0.3) is 11.2 Å². The molecule has 0 aliphatic carbocycles. The molecule has 3 heterocycles. The summed E-state index contributed by atoms with van der Waals surface area (Å²) in [6.07, 6.45) is 3.81. The van der Waals surface area contributed by atoms with Gasteiger partial charge in [-0.05, 0) is 30.4 Å². The molecule has 0 radical (unpaired) electrons. The Morgan fingerprint density at radius 2 is 2.12 bits per heavy atom. The van der Waals surface area contributed by atoms with Gasteiger partial charge in [0.2, 0.25) is 5.91 Å². The average molecular weight is 342 g/mol. The monoisotopic (exact) mass is 342 g/mol. The van der Waals surface area contributed by atoms with E-state index < -0.39 is 0 Å². The Kier molecular flexibility index (Phi) is 4.85. The van der Waals surface area contributed by atoms with Crippen molar-refractivity contribution in [1.29, 1.82) is 0 Å². The third kappa shape index (κ3) is 3.86. The summed E-state index contributed by atoms with van der Waals surface area (Å²) in [5.74, 6) is 2.39. The Labute approximate surface area is 150 Å². The van der Waals surface area contributed by atoms with Gasteiger partial charge < -0.3 is 9.47 Å². The molecule has 0 aromatic carbocycles. The summed E-state index contributed by atoms with van der Waals surface area (Å²) >= 11 is 0. The van der Waals surface area contributed by atoms with Crippen molar-refractivity contribution in [3.63, 3.8) is 0 Å². The Balaban J connectivity index is 1.78. The first-order valence-corrected chi connectivity index (χ1v) is 9.35. The highest BCUT2D eigenvalue weighted by molar-refractivity contribution is 5.81. The smallest absolute Gasteiger partial charge is 0.227 e. The lowest BCUT2D eigenvalue weighted by Crippen LogP contribution is -2.38. The van der Waals surface area contributed by atoms with Crippen molar-refractivity contribution in [1.82, 2.24) is 19.4 Å². The molecular weight excluding hydrogens is 312 g/mol. The maximum absolute atomic E-state index is 12.5. The Bertz CT molecular complexity index is 757. The number of carbonyl (C=O) groups excluding carboxylic acids is 1. The van der Waals surface area contributed by atoms with Gasteiger partial charge >= 0.3 is 0 Å². The van der Waals surface area contributed by atoms with Crippen LogP contribution < -0.4 is 0 Å². The topological polar surface area (TPSA) is 51.0 Å². The summed E-state index contributed by atoms with van der Waals surface area (Å²) in [4.78, 5) is 23.9. The lowest BCUT2D eigenvalue weighted by Gasteiger charge is -2.25. The normalized spacial score (nSPS) is 18.5. The van der Waals surface area contributed by atoms with Gasteiger partial charge in [-0.15, -0.1) is 0 Å². The van der Waals surface area contributed by atoms with E-state index >= 15 is 0 Å². The van der Waals surface area contributed by atoms with Crippen LogP contribution in [0, 0.1) is 17.3 Å². The molecule has 3 rings (SSSR count). The largest absolute Gasteiger partial charge is 0.342 e. The Morgan fingerprint density at radius 1 is 1.36 bits per heavy atom. The van der Waals surface area contributed by atoms with Gasteiger partial charge in [-0.3, -0.25) is 4.79 Å². The second-order valence-corrected chi connectivity index (χ2v) is 8.74. The summed E-state index contributed by atoms with van der Waals surface area (Å²) in [6.45, 7) is 13.1. The molecule has 2 aromatic rings. The minimum absolute atomic E-state index is 0.257. The zero-order valence-corrected chi connectivity index (χ0v) is 16.1. The van der Waals surface area contributed by atoms with Crippen LogP contribution in [-0.2, 0) is 17.8 Å². The number of hydrogen-bond acceptors (Lipinski definition) is 3. The van der Waals surface area contributed by atoms with Crippen LogP contribution in [0.5, 0.6) is 0 Å². The van der Waals surface area contributed by atoms with E-state index in [-0.39, 0.29) is 11.3 Å². The highest BCUT2D eigenvalue weighted by atomic mass is 16.2. The molecule has 0 N–H and O–H groups in total. The molecule has 0 spiro atoms. The fraction of sp³-hybridized carbons (Fsp3) is 0.650. The number of pyridine rings is 1. The summed E-state index contributed by atoms with van der Waals surface area (Å²) in [7, 11) is 0. The lowest BCUT2D eigenvalue weighted by molar-refractivity contribution is -0.138. The van der Waals surface area contributed by atoms with Crippen LogP contribution >= 0.6 is 0 Å². The van der Waals surface area contributed by atoms with Crippen molar-refractivity contribution in [3.05, 3.63) is 24.2 Å². The molecule has 2 aromatic heterocycles. The number of likely N-dealkylation sites (tertiary alicyclic amines) is 1. The Morgan fingerprint density at radius 3 is 2.80 bits per heavy atom. The third-order valence-electron chi connectivity index (χ3n) is 4.82. The van der Waals surface area contributed by atoms with Crippen LogP contribution in [0.3, 0.4) is 0 Å². The standard InChI is InChI=1S/C20H30N4O/c1-14(2)12-24-17(22-16-7-6-9-21-18(16)24)11-15-8-10-23(13-15)19(25)20(3,4)5/h6-7,9,14-15H,8,10-13H2,1-5H3/t15-/m1/s1. The lowest BCUT2D eigenvalue weighted by atomic mass is 9.95. The van der Waals surface area contributed by atoms with E-state index in [2.05, 4.69) is 23.4 Å². The number of rotatable bonds is 4. The fourth-order valence-electron chi connectivity index (χ4n) is 3.63.